The third-order valence-electron chi connectivity index (χ3n) is 3.52. The van der Waals surface area contributed by atoms with Gasteiger partial charge in [-0.25, -0.2) is 0 Å². The van der Waals surface area contributed by atoms with E-state index >= 15 is 0 Å². The Morgan fingerprint density at radius 2 is 2.39 bits per heavy atom. The van der Waals surface area contributed by atoms with Gasteiger partial charge in [0, 0.05) is 26.2 Å². The largest absolute Gasteiger partial charge is 0.384 e. The number of hydrogen-bond donors (Lipinski definition) is 1. The fraction of sp³-hybridized carbons (Fsp3) is 0.643. The molecule has 0 aliphatic carbocycles. The van der Waals surface area contributed by atoms with Crippen LogP contribution in [0.5, 0.6) is 0 Å². The van der Waals surface area contributed by atoms with E-state index in [4.69, 9.17) is 10.5 Å². The molecule has 2 heterocycles. The number of ether oxygens (including phenoxy) is 1. The van der Waals surface area contributed by atoms with Crippen molar-refractivity contribution >= 4 is 5.69 Å². The fourth-order valence-electron chi connectivity index (χ4n) is 2.53. The minimum absolute atomic E-state index is 0.00152. The highest BCUT2D eigenvalue weighted by Gasteiger charge is 2.20. The molecule has 2 atom stereocenters. The summed E-state index contributed by atoms with van der Waals surface area (Å²) >= 11 is 0. The lowest BCUT2D eigenvalue weighted by Crippen LogP contribution is -2.37. The third kappa shape index (κ3) is 3.21. The van der Waals surface area contributed by atoms with Gasteiger partial charge >= 0.3 is 0 Å². The number of hydrogen-bond acceptors (Lipinski definition) is 4. The molecule has 0 bridgehead atoms. The molecule has 18 heavy (non-hydrogen) atoms. The zero-order valence-corrected chi connectivity index (χ0v) is 11.3. The van der Waals surface area contributed by atoms with Crippen molar-refractivity contribution in [1.29, 1.82) is 0 Å². The van der Waals surface area contributed by atoms with Crippen LogP contribution in [-0.2, 0) is 4.74 Å². The molecule has 100 valence electrons. The van der Waals surface area contributed by atoms with Crippen molar-refractivity contribution in [2.45, 2.75) is 25.8 Å². The smallest absolute Gasteiger partial charge is 0.0569 e. The van der Waals surface area contributed by atoms with E-state index < -0.39 is 0 Å². The van der Waals surface area contributed by atoms with Gasteiger partial charge in [-0.1, -0.05) is 0 Å². The van der Waals surface area contributed by atoms with Gasteiger partial charge in [-0.3, -0.25) is 4.98 Å². The molecule has 0 saturated carbocycles. The van der Waals surface area contributed by atoms with Crippen LogP contribution >= 0.6 is 0 Å². The van der Waals surface area contributed by atoms with E-state index in [2.05, 4.69) is 16.0 Å². The van der Waals surface area contributed by atoms with E-state index in [9.17, 15) is 0 Å². The first-order chi connectivity index (χ1) is 8.70. The van der Waals surface area contributed by atoms with Crippen LogP contribution in [0.25, 0.3) is 0 Å². The predicted octanol–water partition coefficient (Wildman–Crippen LogP) is 1.96. The van der Waals surface area contributed by atoms with Gasteiger partial charge in [0.25, 0.3) is 0 Å². The Morgan fingerprint density at radius 1 is 1.56 bits per heavy atom. The molecule has 1 aromatic rings. The molecule has 0 radical (unpaired) electrons. The Hall–Kier alpha value is -1.13. The van der Waals surface area contributed by atoms with Crippen molar-refractivity contribution in [3.8, 4) is 0 Å². The highest BCUT2D eigenvalue weighted by molar-refractivity contribution is 5.45. The summed E-state index contributed by atoms with van der Waals surface area (Å²) in [6.45, 7) is 4.98. The summed E-state index contributed by atoms with van der Waals surface area (Å²) in [4.78, 5) is 6.82. The van der Waals surface area contributed by atoms with Gasteiger partial charge in [0.1, 0.15) is 0 Å². The molecule has 0 spiro atoms. The van der Waals surface area contributed by atoms with Gasteiger partial charge in [-0.15, -0.1) is 0 Å². The Balaban J connectivity index is 2.02. The van der Waals surface area contributed by atoms with E-state index in [1.807, 2.05) is 19.2 Å². The number of aromatic nitrogens is 1. The van der Waals surface area contributed by atoms with Gasteiger partial charge in [0.2, 0.25) is 0 Å². The second-order valence-corrected chi connectivity index (χ2v) is 5.14. The van der Waals surface area contributed by atoms with Crippen LogP contribution in [0, 0.1) is 5.92 Å². The second kappa shape index (κ2) is 6.16. The van der Waals surface area contributed by atoms with Crippen molar-refractivity contribution in [2.24, 2.45) is 11.7 Å². The summed E-state index contributed by atoms with van der Waals surface area (Å²) in [5.74, 6) is 0.636. The molecule has 1 aromatic heterocycles. The lowest BCUT2D eigenvalue weighted by atomic mass is 9.98. The molecule has 0 amide bonds. The SMILES string of the molecule is COCC1CCCN(c2ccc(C(C)N)nc2)C1. The van der Waals surface area contributed by atoms with Crippen LogP contribution in [0.2, 0.25) is 0 Å². The van der Waals surface area contributed by atoms with Gasteiger partial charge in [0.05, 0.1) is 24.2 Å². The molecule has 2 N–H and O–H groups in total. The van der Waals surface area contributed by atoms with Crippen molar-refractivity contribution < 1.29 is 4.74 Å². The maximum Gasteiger partial charge on any atom is 0.0569 e. The number of pyridine rings is 1. The van der Waals surface area contributed by atoms with Gasteiger partial charge in [0.15, 0.2) is 0 Å². The molecule has 2 unspecified atom stereocenters. The number of nitrogens with two attached hydrogens (primary N) is 1. The maximum absolute atomic E-state index is 5.81. The minimum Gasteiger partial charge on any atom is -0.384 e. The lowest BCUT2D eigenvalue weighted by molar-refractivity contribution is 0.143. The van der Waals surface area contributed by atoms with E-state index in [-0.39, 0.29) is 6.04 Å². The molecule has 1 fully saturated rings. The predicted molar refractivity (Wildman–Crippen MR) is 73.7 cm³/mol. The average Bonchev–Trinajstić information content (AvgIpc) is 2.39. The minimum atomic E-state index is 0.00152. The van der Waals surface area contributed by atoms with Crippen molar-refractivity contribution in [1.82, 2.24) is 4.98 Å². The topological polar surface area (TPSA) is 51.4 Å². The molecule has 4 heteroatoms. The van der Waals surface area contributed by atoms with Crippen LogP contribution in [0.3, 0.4) is 0 Å². The first-order valence-electron chi connectivity index (χ1n) is 6.66. The van der Waals surface area contributed by atoms with E-state index in [1.165, 1.54) is 18.5 Å². The van der Waals surface area contributed by atoms with E-state index in [0.717, 1.165) is 25.4 Å². The number of piperidine rings is 1. The number of nitrogens with zero attached hydrogens (tertiary/aromatic N) is 2. The third-order valence-corrected chi connectivity index (χ3v) is 3.52. The number of methoxy groups -OCH3 is 1. The standard InChI is InChI=1S/C14H23N3O/c1-11(15)14-6-5-13(8-16-14)17-7-3-4-12(9-17)10-18-2/h5-6,8,11-12H,3-4,7,9-10,15H2,1-2H3. The van der Waals surface area contributed by atoms with Gasteiger partial charge in [-0.2, -0.15) is 0 Å². The van der Waals surface area contributed by atoms with E-state index in [1.54, 1.807) is 7.11 Å². The zero-order chi connectivity index (χ0) is 13.0. The highest BCUT2D eigenvalue weighted by atomic mass is 16.5. The first kappa shape index (κ1) is 13.3. The quantitative estimate of drug-likeness (QED) is 0.886. The van der Waals surface area contributed by atoms with Crippen LogP contribution in [0.4, 0.5) is 5.69 Å². The molecule has 0 aromatic carbocycles. The molecule has 4 nitrogen and oxygen atoms in total. The normalized spacial score (nSPS) is 21.9. The monoisotopic (exact) mass is 249 g/mol. The van der Waals surface area contributed by atoms with Crippen LogP contribution in [-0.4, -0.2) is 31.8 Å². The van der Waals surface area contributed by atoms with Crippen molar-refractivity contribution in [3.63, 3.8) is 0 Å². The van der Waals surface area contributed by atoms with Crippen LogP contribution < -0.4 is 10.6 Å². The summed E-state index contributed by atoms with van der Waals surface area (Å²) in [7, 11) is 1.78. The van der Waals surface area contributed by atoms with Crippen LogP contribution in [0.1, 0.15) is 31.5 Å². The van der Waals surface area contributed by atoms with Gasteiger partial charge < -0.3 is 15.4 Å². The molecular formula is C14H23N3O. The van der Waals surface area contributed by atoms with E-state index in [0.29, 0.717) is 5.92 Å². The lowest BCUT2D eigenvalue weighted by Gasteiger charge is -2.34. The summed E-state index contributed by atoms with van der Waals surface area (Å²) < 4.78 is 5.26. The summed E-state index contributed by atoms with van der Waals surface area (Å²) in [6.07, 6.45) is 4.42. The summed E-state index contributed by atoms with van der Waals surface area (Å²) in [6, 6.07) is 4.16. The van der Waals surface area contributed by atoms with Crippen molar-refractivity contribution in [3.05, 3.63) is 24.0 Å². The Morgan fingerprint density at radius 3 is 3.00 bits per heavy atom. The highest BCUT2D eigenvalue weighted by Crippen LogP contribution is 2.23. The van der Waals surface area contributed by atoms with Crippen LogP contribution in [0.15, 0.2) is 18.3 Å². The molecular weight excluding hydrogens is 226 g/mol. The Bertz CT molecular complexity index is 362. The fourth-order valence-corrected chi connectivity index (χ4v) is 2.53. The number of rotatable bonds is 4. The molecule has 1 aliphatic heterocycles. The molecule has 2 rings (SSSR count). The molecule has 1 aliphatic rings. The zero-order valence-electron chi connectivity index (χ0n) is 11.3. The van der Waals surface area contributed by atoms with Gasteiger partial charge in [-0.05, 0) is 37.8 Å². The first-order valence-corrected chi connectivity index (χ1v) is 6.66. The Labute approximate surface area is 109 Å². The molecule has 1 saturated heterocycles. The average molecular weight is 249 g/mol. The number of anilines is 1. The summed E-state index contributed by atoms with van der Waals surface area (Å²) in [5, 5.41) is 0. The van der Waals surface area contributed by atoms with Crippen molar-refractivity contribution in [2.75, 3.05) is 31.7 Å². The Kier molecular flexibility index (Phi) is 4.55. The summed E-state index contributed by atoms with van der Waals surface area (Å²) in [5.41, 5.74) is 7.95. The second-order valence-electron chi connectivity index (χ2n) is 5.14. The maximum atomic E-state index is 5.81.